The van der Waals surface area contributed by atoms with Crippen molar-refractivity contribution in [3.63, 3.8) is 0 Å². The number of nitrogens with zero attached hydrogens (tertiary/aromatic N) is 1. The van der Waals surface area contributed by atoms with Crippen LogP contribution in [0, 0.1) is 19.8 Å². The van der Waals surface area contributed by atoms with E-state index in [4.69, 9.17) is 9.72 Å². The molecule has 2 aliphatic carbocycles. The Kier molecular flexibility index (Phi) is 4.48. The highest BCUT2D eigenvalue weighted by Crippen LogP contribution is 2.30. The second kappa shape index (κ2) is 6.35. The van der Waals surface area contributed by atoms with Gasteiger partial charge in [0.05, 0.1) is 0 Å². The molecule has 0 amide bonds. The van der Waals surface area contributed by atoms with Crippen LogP contribution in [-0.2, 0) is 6.54 Å². The molecule has 0 spiro atoms. The molecule has 2 atom stereocenters. The molecule has 1 aromatic rings. The minimum atomic E-state index is 0.340. The Bertz CT molecular complexity index is 496. The van der Waals surface area contributed by atoms with Crippen LogP contribution in [0.1, 0.15) is 62.3 Å². The zero-order valence-corrected chi connectivity index (χ0v) is 13.6. The van der Waals surface area contributed by atoms with Crippen LogP contribution in [0.3, 0.4) is 0 Å². The third kappa shape index (κ3) is 3.76. The van der Waals surface area contributed by atoms with Crippen molar-refractivity contribution in [1.82, 2.24) is 10.3 Å². The highest BCUT2D eigenvalue weighted by molar-refractivity contribution is 5.36. The lowest BCUT2D eigenvalue weighted by Gasteiger charge is -2.30. The number of aryl methyl sites for hydroxylation is 2. The molecular weight excluding hydrogens is 260 g/mol. The first-order valence-corrected chi connectivity index (χ1v) is 8.50. The average molecular weight is 288 g/mol. The van der Waals surface area contributed by atoms with E-state index >= 15 is 0 Å². The third-order valence-corrected chi connectivity index (χ3v) is 4.88. The van der Waals surface area contributed by atoms with E-state index in [0.29, 0.717) is 18.1 Å². The van der Waals surface area contributed by atoms with Gasteiger partial charge >= 0.3 is 0 Å². The van der Waals surface area contributed by atoms with Gasteiger partial charge in [-0.3, -0.25) is 0 Å². The van der Waals surface area contributed by atoms with E-state index in [2.05, 4.69) is 32.2 Å². The van der Waals surface area contributed by atoms with Gasteiger partial charge in [0.2, 0.25) is 5.88 Å². The van der Waals surface area contributed by atoms with E-state index < -0.39 is 0 Å². The molecule has 116 valence electrons. The number of nitrogens with one attached hydrogen (secondary N) is 1. The largest absolute Gasteiger partial charge is 0.474 e. The maximum Gasteiger partial charge on any atom is 0.218 e. The summed E-state index contributed by atoms with van der Waals surface area (Å²) in [4.78, 5) is 4.70. The number of hydrogen-bond donors (Lipinski definition) is 1. The van der Waals surface area contributed by atoms with E-state index in [0.717, 1.165) is 18.1 Å². The highest BCUT2D eigenvalue weighted by atomic mass is 16.5. The SMILES string of the molecule is Cc1cc(C)c(CNC2CC2)c(OC2CCCCC2C)n1. The first kappa shape index (κ1) is 14.8. The first-order valence-electron chi connectivity index (χ1n) is 8.50. The zero-order chi connectivity index (χ0) is 14.8. The highest BCUT2D eigenvalue weighted by Gasteiger charge is 2.26. The Balaban J connectivity index is 1.77. The number of ether oxygens (including phenoxy) is 1. The van der Waals surface area contributed by atoms with Gasteiger partial charge in [-0.25, -0.2) is 4.98 Å². The lowest BCUT2D eigenvalue weighted by atomic mass is 9.88. The van der Waals surface area contributed by atoms with E-state index in [1.165, 1.54) is 49.7 Å². The molecule has 0 saturated heterocycles. The molecule has 0 aromatic carbocycles. The predicted molar refractivity (Wildman–Crippen MR) is 85.6 cm³/mol. The maximum atomic E-state index is 6.36. The minimum absolute atomic E-state index is 0.340. The number of pyridine rings is 1. The normalized spacial score (nSPS) is 25.9. The van der Waals surface area contributed by atoms with E-state index in [-0.39, 0.29) is 0 Å². The van der Waals surface area contributed by atoms with Gasteiger partial charge < -0.3 is 10.1 Å². The molecule has 0 radical (unpaired) electrons. The smallest absolute Gasteiger partial charge is 0.218 e. The van der Waals surface area contributed by atoms with E-state index in [1.54, 1.807) is 0 Å². The van der Waals surface area contributed by atoms with Crippen molar-refractivity contribution in [3.05, 3.63) is 22.9 Å². The molecular formula is C18H28N2O. The van der Waals surface area contributed by atoms with Crippen LogP contribution in [0.25, 0.3) is 0 Å². The van der Waals surface area contributed by atoms with Gasteiger partial charge in [-0.05, 0) is 63.5 Å². The molecule has 2 saturated carbocycles. The molecule has 3 rings (SSSR count). The summed E-state index contributed by atoms with van der Waals surface area (Å²) in [5, 5.41) is 3.60. The zero-order valence-electron chi connectivity index (χ0n) is 13.6. The monoisotopic (exact) mass is 288 g/mol. The van der Waals surface area contributed by atoms with Crippen LogP contribution in [0.4, 0.5) is 0 Å². The van der Waals surface area contributed by atoms with Crippen molar-refractivity contribution in [2.24, 2.45) is 5.92 Å². The average Bonchev–Trinajstić information content (AvgIpc) is 3.24. The molecule has 21 heavy (non-hydrogen) atoms. The number of hydrogen-bond acceptors (Lipinski definition) is 3. The fourth-order valence-corrected chi connectivity index (χ4v) is 3.28. The summed E-state index contributed by atoms with van der Waals surface area (Å²) in [6.45, 7) is 7.44. The number of aromatic nitrogens is 1. The van der Waals surface area contributed by atoms with E-state index in [9.17, 15) is 0 Å². The van der Waals surface area contributed by atoms with Crippen LogP contribution in [-0.4, -0.2) is 17.1 Å². The van der Waals surface area contributed by atoms with Crippen molar-refractivity contribution < 1.29 is 4.74 Å². The van der Waals surface area contributed by atoms with Gasteiger partial charge in [0.15, 0.2) is 0 Å². The van der Waals surface area contributed by atoms with Crippen LogP contribution in [0.2, 0.25) is 0 Å². The molecule has 2 unspecified atom stereocenters. The van der Waals surface area contributed by atoms with Crippen LogP contribution < -0.4 is 10.1 Å². The van der Waals surface area contributed by atoms with Crippen LogP contribution >= 0.6 is 0 Å². The Morgan fingerprint density at radius 3 is 2.67 bits per heavy atom. The molecule has 3 heteroatoms. The fourth-order valence-electron chi connectivity index (χ4n) is 3.28. The second-order valence-electron chi connectivity index (χ2n) is 6.94. The lowest BCUT2D eigenvalue weighted by Crippen LogP contribution is -2.29. The second-order valence-corrected chi connectivity index (χ2v) is 6.94. The molecule has 3 nitrogen and oxygen atoms in total. The quantitative estimate of drug-likeness (QED) is 0.892. The topological polar surface area (TPSA) is 34.1 Å². The van der Waals surface area contributed by atoms with Crippen molar-refractivity contribution in [2.75, 3.05) is 0 Å². The first-order chi connectivity index (χ1) is 10.1. The molecule has 1 heterocycles. The summed E-state index contributed by atoms with van der Waals surface area (Å²) in [7, 11) is 0. The fraction of sp³-hybridized carbons (Fsp3) is 0.722. The molecule has 2 fully saturated rings. The minimum Gasteiger partial charge on any atom is -0.474 e. The van der Waals surface area contributed by atoms with Gasteiger partial charge in [-0.15, -0.1) is 0 Å². The maximum absolute atomic E-state index is 6.36. The lowest BCUT2D eigenvalue weighted by molar-refractivity contribution is 0.0960. The summed E-state index contributed by atoms with van der Waals surface area (Å²) in [6, 6.07) is 2.88. The molecule has 1 aromatic heterocycles. The van der Waals surface area contributed by atoms with Gasteiger partial charge in [0, 0.05) is 23.8 Å². The molecule has 2 aliphatic rings. The Hall–Kier alpha value is -1.09. The summed E-state index contributed by atoms with van der Waals surface area (Å²) in [5.74, 6) is 1.52. The van der Waals surface area contributed by atoms with Crippen molar-refractivity contribution in [3.8, 4) is 5.88 Å². The Morgan fingerprint density at radius 2 is 1.95 bits per heavy atom. The van der Waals surface area contributed by atoms with Crippen LogP contribution in [0.15, 0.2) is 6.07 Å². The summed E-state index contributed by atoms with van der Waals surface area (Å²) >= 11 is 0. The Morgan fingerprint density at radius 1 is 1.19 bits per heavy atom. The summed E-state index contributed by atoms with van der Waals surface area (Å²) in [6.07, 6.45) is 8.05. The van der Waals surface area contributed by atoms with E-state index in [1.807, 2.05) is 0 Å². The van der Waals surface area contributed by atoms with Crippen LogP contribution in [0.5, 0.6) is 5.88 Å². The van der Waals surface area contributed by atoms with Gasteiger partial charge in [0.1, 0.15) is 6.10 Å². The molecule has 0 bridgehead atoms. The molecule has 1 N–H and O–H groups in total. The van der Waals surface area contributed by atoms with Gasteiger partial charge in [0.25, 0.3) is 0 Å². The van der Waals surface area contributed by atoms with Crippen molar-refractivity contribution in [1.29, 1.82) is 0 Å². The van der Waals surface area contributed by atoms with Crippen molar-refractivity contribution >= 4 is 0 Å². The molecule has 0 aliphatic heterocycles. The predicted octanol–water partition coefficient (Wildman–Crippen LogP) is 3.91. The third-order valence-electron chi connectivity index (χ3n) is 4.88. The standard InChI is InChI=1S/C18H28N2O/c1-12-6-4-5-7-17(12)21-18-16(11-19-15-8-9-15)13(2)10-14(3)20-18/h10,12,15,17,19H,4-9,11H2,1-3H3. The van der Waals surface area contributed by atoms with Gasteiger partial charge in [-0.2, -0.15) is 0 Å². The summed E-state index contributed by atoms with van der Waals surface area (Å²) < 4.78 is 6.36. The summed E-state index contributed by atoms with van der Waals surface area (Å²) in [5.41, 5.74) is 3.61. The van der Waals surface area contributed by atoms with Crippen molar-refractivity contribution in [2.45, 2.75) is 78.0 Å². The Labute approximate surface area is 128 Å². The van der Waals surface area contributed by atoms with Gasteiger partial charge in [-0.1, -0.05) is 13.3 Å². The number of rotatable bonds is 5.